The van der Waals surface area contributed by atoms with E-state index >= 15 is 0 Å². The van der Waals surface area contributed by atoms with Crippen molar-refractivity contribution in [2.75, 3.05) is 33.3 Å². The Morgan fingerprint density at radius 1 is 1.20 bits per heavy atom. The molecule has 2 saturated heterocycles. The van der Waals surface area contributed by atoms with Crippen molar-refractivity contribution in [1.82, 2.24) is 29.1 Å². The van der Waals surface area contributed by atoms with Crippen LogP contribution in [0.2, 0.25) is 0 Å². The van der Waals surface area contributed by atoms with Crippen molar-refractivity contribution in [2.24, 2.45) is 13.0 Å². The van der Waals surface area contributed by atoms with Crippen LogP contribution in [-0.2, 0) is 20.1 Å². The van der Waals surface area contributed by atoms with Gasteiger partial charge in [-0.2, -0.15) is 4.98 Å². The molecule has 2 aromatic rings. The molecule has 1 amide bonds. The first-order valence-corrected chi connectivity index (χ1v) is 10.7. The highest BCUT2D eigenvalue weighted by Gasteiger charge is 2.38. The number of hydrogen-bond acceptors (Lipinski definition) is 6. The summed E-state index contributed by atoms with van der Waals surface area (Å²) in [6.45, 7) is 4.78. The molecule has 0 saturated carbocycles. The number of hydrogen-bond donors (Lipinski definition) is 0. The molecule has 160 valence electrons. The summed E-state index contributed by atoms with van der Waals surface area (Å²) in [5.41, 5.74) is 2.08. The van der Waals surface area contributed by atoms with E-state index in [0.717, 1.165) is 37.3 Å². The minimum atomic E-state index is -0.176. The van der Waals surface area contributed by atoms with Gasteiger partial charge >= 0.3 is 6.01 Å². The molecule has 2 aromatic heterocycles. The van der Waals surface area contributed by atoms with Gasteiger partial charge in [0.05, 0.1) is 7.11 Å². The molecule has 0 aliphatic carbocycles. The quantitative estimate of drug-likeness (QED) is 0.740. The summed E-state index contributed by atoms with van der Waals surface area (Å²) >= 11 is 0. The first-order valence-electron chi connectivity index (χ1n) is 10.7. The molecule has 0 radical (unpaired) electrons. The molecule has 5 rings (SSSR count). The zero-order chi connectivity index (χ0) is 20.8. The molecule has 3 aliphatic heterocycles. The summed E-state index contributed by atoms with van der Waals surface area (Å²) in [6.07, 6.45) is 3.45. The van der Waals surface area contributed by atoms with E-state index in [9.17, 15) is 9.59 Å². The third-order valence-electron chi connectivity index (χ3n) is 6.66. The number of aryl methyl sites for hydroxylation is 1. The number of amides is 1. The molecule has 2 fully saturated rings. The predicted octanol–water partition coefficient (Wildman–Crippen LogP) is 0.841. The Morgan fingerprint density at radius 2 is 2.00 bits per heavy atom. The van der Waals surface area contributed by atoms with E-state index < -0.39 is 0 Å². The fraction of sp³-hybridized carbons (Fsp3) is 0.619. The SMILES string of the molecule is COc1nc(C(=O)N2C[C@@H]3C[C@H](C2)c2ccc(CN4CCCC4)c(=O)n2C3)nn1C. The second-order valence-electron chi connectivity index (χ2n) is 8.74. The van der Waals surface area contributed by atoms with Crippen molar-refractivity contribution < 1.29 is 9.53 Å². The van der Waals surface area contributed by atoms with Crippen LogP contribution in [0.3, 0.4) is 0 Å². The average molecular weight is 412 g/mol. The molecule has 9 heteroatoms. The second kappa shape index (κ2) is 7.54. The molecular weight excluding hydrogens is 384 g/mol. The number of fused-ring (bicyclic) bond motifs is 4. The number of aromatic nitrogens is 4. The van der Waals surface area contributed by atoms with Crippen LogP contribution in [0.1, 0.15) is 47.1 Å². The van der Waals surface area contributed by atoms with Crippen LogP contribution in [-0.4, -0.2) is 68.3 Å². The fourth-order valence-electron chi connectivity index (χ4n) is 5.24. The molecule has 30 heavy (non-hydrogen) atoms. The molecule has 0 N–H and O–H groups in total. The minimum Gasteiger partial charge on any atom is -0.467 e. The van der Waals surface area contributed by atoms with E-state index in [0.29, 0.717) is 25.6 Å². The number of carbonyl (C=O) groups excluding carboxylic acids is 1. The number of carbonyl (C=O) groups is 1. The normalized spacial score (nSPS) is 23.5. The minimum absolute atomic E-state index is 0.144. The van der Waals surface area contributed by atoms with Crippen molar-refractivity contribution in [3.05, 3.63) is 39.6 Å². The van der Waals surface area contributed by atoms with Crippen molar-refractivity contribution in [3.63, 3.8) is 0 Å². The van der Waals surface area contributed by atoms with E-state index in [4.69, 9.17) is 4.74 Å². The highest BCUT2D eigenvalue weighted by molar-refractivity contribution is 5.90. The number of pyridine rings is 1. The van der Waals surface area contributed by atoms with Gasteiger partial charge in [0, 0.05) is 50.4 Å². The fourth-order valence-corrected chi connectivity index (χ4v) is 5.24. The first kappa shape index (κ1) is 19.3. The third kappa shape index (κ3) is 3.30. The van der Waals surface area contributed by atoms with Gasteiger partial charge in [0.2, 0.25) is 5.82 Å². The Morgan fingerprint density at radius 3 is 2.73 bits per heavy atom. The Kier molecular flexibility index (Phi) is 4.85. The Balaban J connectivity index is 1.37. The summed E-state index contributed by atoms with van der Waals surface area (Å²) in [7, 11) is 3.21. The lowest BCUT2D eigenvalue weighted by atomic mass is 9.83. The van der Waals surface area contributed by atoms with Gasteiger partial charge in [0.1, 0.15) is 0 Å². The summed E-state index contributed by atoms with van der Waals surface area (Å²) < 4.78 is 8.57. The largest absolute Gasteiger partial charge is 0.467 e. The number of piperidine rings is 1. The topological polar surface area (TPSA) is 85.5 Å². The molecule has 5 heterocycles. The number of methoxy groups -OCH3 is 1. The lowest BCUT2D eigenvalue weighted by molar-refractivity contribution is 0.0581. The molecule has 9 nitrogen and oxygen atoms in total. The number of likely N-dealkylation sites (tertiary alicyclic amines) is 2. The lowest BCUT2D eigenvalue weighted by Gasteiger charge is -2.42. The number of nitrogens with zero attached hydrogens (tertiary/aromatic N) is 6. The molecule has 2 atom stereocenters. The maximum atomic E-state index is 13.2. The maximum absolute atomic E-state index is 13.2. The van der Waals surface area contributed by atoms with Gasteiger partial charge in [-0.3, -0.25) is 14.5 Å². The molecule has 2 bridgehead atoms. The summed E-state index contributed by atoms with van der Waals surface area (Å²) in [6, 6.07) is 4.42. The van der Waals surface area contributed by atoms with Gasteiger partial charge in [-0.15, -0.1) is 5.10 Å². The Labute approximate surface area is 175 Å². The van der Waals surface area contributed by atoms with Crippen molar-refractivity contribution in [3.8, 4) is 6.01 Å². The zero-order valence-electron chi connectivity index (χ0n) is 17.6. The van der Waals surface area contributed by atoms with Crippen LogP contribution in [0.4, 0.5) is 0 Å². The summed E-state index contributed by atoms with van der Waals surface area (Å²) in [4.78, 5) is 34.5. The van der Waals surface area contributed by atoms with Crippen LogP contribution in [0.25, 0.3) is 0 Å². The van der Waals surface area contributed by atoms with E-state index in [2.05, 4.69) is 21.0 Å². The second-order valence-corrected chi connectivity index (χ2v) is 8.74. The first-order chi connectivity index (χ1) is 14.5. The molecular formula is C21H28N6O3. The molecule has 0 spiro atoms. The van der Waals surface area contributed by atoms with Crippen molar-refractivity contribution >= 4 is 5.91 Å². The van der Waals surface area contributed by atoms with Crippen molar-refractivity contribution in [2.45, 2.75) is 38.3 Å². The van der Waals surface area contributed by atoms with E-state index in [1.807, 2.05) is 15.5 Å². The lowest BCUT2D eigenvalue weighted by Crippen LogP contribution is -2.49. The van der Waals surface area contributed by atoms with Crippen LogP contribution in [0, 0.1) is 5.92 Å². The zero-order valence-corrected chi connectivity index (χ0v) is 17.6. The van der Waals surface area contributed by atoms with E-state index in [-0.39, 0.29) is 29.1 Å². The summed E-state index contributed by atoms with van der Waals surface area (Å²) in [5.74, 6) is 0.420. The number of rotatable bonds is 4. The van der Waals surface area contributed by atoms with E-state index in [1.54, 1.807) is 7.05 Å². The van der Waals surface area contributed by atoms with Crippen LogP contribution < -0.4 is 10.3 Å². The van der Waals surface area contributed by atoms with Gasteiger partial charge in [0.15, 0.2) is 0 Å². The highest BCUT2D eigenvalue weighted by atomic mass is 16.5. The van der Waals surface area contributed by atoms with Gasteiger partial charge in [-0.1, -0.05) is 6.07 Å². The van der Waals surface area contributed by atoms with Gasteiger partial charge in [-0.05, 0) is 44.3 Å². The molecule has 3 aliphatic rings. The van der Waals surface area contributed by atoms with Gasteiger partial charge in [-0.25, -0.2) is 4.68 Å². The van der Waals surface area contributed by atoms with E-state index in [1.165, 1.54) is 24.6 Å². The number of ether oxygens (including phenoxy) is 1. The van der Waals surface area contributed by atoms with Gasteiger partial charge < -0.3 is 14.2 Å². The Hall–Kier alpha value is -2.68. The Bertz CT molecular complexity index is 1020. The predicted molar refractivity (Wildman–Crippen MR) is 110 cm³/mol. The third-order valence-corrected chi connectivity index (χ3v) is 6.66. The average Bonchev–Trinajstić information content (AvgIpc) is 3.39. The highest BCUT2D eigenvalue weighted by Crippen LogP contribution is 2.35. The summed E-state index contributed by atoms with van der Waals surface area (Å²) in [5, 5.41) is 4.20. The maximum Gasteiger partial charge on any atom is 0.314 e. The standard InChI is InChI=1S/C21H28N6O3/c1-24-21(30-2)22-18(23-24)20(29)26-10-14-9-16(13-26)17-6-5-15(19(28)27(17)11-14)12-25-7-3-4-8-25/h5-6,14,16H,3-4,7-13H2,1-2H3/t14-,16+/m0/s1. The van der Waals surface area contributed by atoms with Crippen LogP contribution in [0.5, 0.6) is 6.01 Å². The van der Waals surface area contributed by atoms with Crippen LogP contribution >= 0.6 is 0 Å². The molecule has 0 unspecified atom stereocenters. The van der Waals surface area contributed by atoms with Crippen molar-refractivity contribution in [1.29, 1.82) is 0 Å². The smallest absolute Gasteiger partial charge is 0.314 e. The van der Waals surface area contributed by atoms with Crippen LogP contribution in [0.15, 0.2) is 16.9 Å². The van der Waals surface area contributed by atoms with Gasteiger partial charge in [0.25, 0.3) is 11.5 Å². The molecule has 0 aromatic carbocycles. The monoisotopic (exact) mass is 412 g/mol.